The minimum absolute atomic E-state index is 0.0433. The van der Waals surface area contributed by atoms with E-state index in [2.05, 4.69) is 5.32 Å². The van der Waals surface area contributed by atoms with Gasteiger partial charge < -0.3 is 10.4 Å². The number of benzene rings is 2. The number of aromatic hydroxyl groups is 1. The molecule has 98 valence electrons. The van der Waals surface area contributed by atoms with Gasteiger partial charge in [0.25, 0.3) is 0 Å². The molecule has 1 amide bonds. The SMILES string of the molecule is O=C(Cc1c(F)cccc1Cl)Nc1cccc(O)c1. The van der Waals surface area contributed by atoms with Crippen molar-refractivity contribution in [2.75, 3.05) is 5.32 Å². The van der Waals surface area contributed by atoms with Gasteiger partial charge >= 0.3 is 0 Å². The maximum Gasteiger partial charge on any atom is 0.228 e. The average molecular weight is 280 g/mol. The number of rotatable bonds is 3. The van der Waals surface area contributed by atoms with E-state index >= 15 is 0 Å². The molecule has 2 N–H and O–H groups in total. The van der Waals surface area contributed by atoms with Crippen molar-refractivity contribution >= 4 is 23.2 Å². The molecule has 5 heteroatoms. The molecular formula is C14H11ClFNO2. The second-order valence-corrected chi connectivity index (χ2v) is 4.38. The van der Waals surface area contributed by atoms with Crippen LogP contribution in [0.1, 0.15) is 5.56 Å². The third-order valence-electron chi connectivity index (χ3n) is 2.53. The fraction of sp³-hybridized carbons (Fsp3) is 0.0714. The zero-order valence-electron chi connectivity index (χ0n) is 9.86. The second-order valence-electron chi connectivity index (χ2n) is 3.98. The number of nitrogens with one attached hydrogen (secondary N) is 1. The summed E-state index contributed by atoms with van der Waals surface area (Å²) < 4.78 is 13.5. The van der Waals surface area contributed by atoms with E-state index in [9.17, 15) is 14.3 Å². The van der Waals surface area contributed by atoms with Crippen LogP contribution >= 0.6 is 11.6 Å². The van der Waals surface area contributed by atoms with Gasteiger partial charge in [0.05, 0.1) is 6.42 Å². The molecule has 0 bridgehead atoms. The number of hydrogen-bond donors (Lipinski definition) is 2. The van der Waals surface area contributed by atoms with Crippen LogP contribution in [0, 0.1) is 5.82 Å². The molecule has 0 saturated heterocycles. The van der Waals surface area contributed by atoms with Crippen LogP contribution in [0.5, 0.6) is 5.75 Å². The summed E-state index contributed by atoms with van der Waals surface area (Å²) in [6, 6.07) is 10.4. The Hall–Kier alpha value is -2.07. The highest BCUT2D eigenvalue weighted by atomic mass is 35.5. The van der Waals surface area contributed by atoms with Crippen molar-refractivity contribution in [3.63, 3.8) is 0 Å². The van der Waals surface area contributed by atoms with E-state index in [1.807, 2.05) is 0 Å². The lowest BCUT2D eigenvalue weighted by atomic mass is 10.1. The maximum absolute atomic E-state index is 13.5. The molecule has 0 heterocycles. The van der Waals surface area contributed by atoms with E-state index in [0.29, 0.717) is 5.69 Å². The largest absolute Gasteiger partial charge is 0.508 e. The fourth-order valence-corrected chi connectivity index (χ4v) is 1.88. The minimum Gasteiger partial charge on any atom is -0.508 e. The number of phenolic OH excluding ortho intramolecular Hbond substituents is 1. The summed E-state index contributed by atoms with van der Waals surface area (Å²) in [6.07, 6.45) is -0.166. The third-order valence-corrected chi connectivity index (χ3v) is 2.88. The Morgan fingerprint density at radius 2 is 2.00 bits per heavy atom. The van der Waals surface area contributed by atoms with Crippen LogP contribution in [0.2, 0.25) is 5.02 Å². The van der Waals surface area contributed by atoms with Gasteiger partial charge in [-0.3, -0.25) is 4.79 Å². The van der Waals surface area contributed by atoms with Crippen molar-refractivity contribution in [2.24, 2.45) is 0 Å². The van der Waals surface area contributed by atoms with E-state index in [4.69, 9.17) is 11.6 Å². The predicted molar refractivity (Wildman–Crippen MR) is 71.9 cm³/mol. The summed E-state index contributed by atoms with van der Waals surface area (Å²) >= 11 is 5.84. The number of phenols is 1. The van der Waals surface area contributed by atoms with Crippen molar-refractivity contribution in [1.82, 2.24) is 0 Å². The van der Waals surface area contributed by atoms with Crippen molar-refractivity contribution < 1.29 is 14.3 Å². The summed E-state index contributed by atoms with van der Waals surface area (Å²) in [5.74, 6) is -0.877. The van der Waals surface area contributed by atoms with Crippen LogP contribution in [0.15, 0.2) is 42.5 Å². The van der Waals surface area contributed by atoms with Gasteiger partial charge in [0.15, 0.2) is 0 Å². The average Bonchev–Trinajstić information content (AvgIpc) is 2.34. The highest BCUT2D eigenvalue weighted by Gasteiger charge is 2.12. The van der Waals surface area contributed by atoms with Gasteiger partial charge in [0.2, 0.25) is 5.91 Å². The minimum atomic E-state index is -0.515. The summed E-state index contributed by atoms with van der Waals surface area (Å²) in [6.45, 7) is 0. The van der Waals surface area contributed by atoms with Crippen molar-refractivity contribution in [3.8, 4) is 5.75 Å². The molecule has 0 unspecified atom stereocenters. The summed E-state index contributed by atoms with van der Waals surface area (Å²) in [4.78, 5) is 11.8. The van der Waals surface area contributed by atoms with Crippen LogP contribution in [0.4, 0.5) is 10.1 Å². The number of amides is 1. The van der Waals surface area contributed by atoms with E-state index in [1.165, 1.54) is 30.3 Å². The van der Waals surface area contributed by atoms with E-state index in [0.717, 1.165) is 0 Å². The maximum atomic E-state index is 13.5. The van der Waals surface area contributed by atoms with E-state index < -0.39 is 11.7 Å². The molecule has 0 aliphatic carbocycles. The number of carbonyl (C=O) groups excluding carboxylic acids is 1. The van der Waals surface area contributed by atoms with Crippen molar-refractivity contribution in [3.05, 3.63) is 58.9 Å². The van der Waals surface area contributed by atoms with Crippen molar-refractivity contribution in [1.29, 1.82) is 0 Å². The molecule has 0 aliphatic heterocycles. The van der Waals surface area contributed by atoms with Gasteiger partial charge in [-0.05, 0) is 24.3 Å². The van der Waals surface area contributed by atoms with Crippen LogP contribution in [0.25, 0.3) is 0 Å². The standard InChI is InChI=1S/C14H11ClFNO2/c15-12-5-2-6-13(16)11(12)8-14(19)17-9-3-1-4-10(18)7-9/h1-7,18H,8H2,(H,17,19). The molecule has 0 aliphatic rings. The van der Waals surface area contributed by atoms with Crippen LogP contribution < -0.4 is 5.32 Å². The van der Waals surface area contributed by atoms with Crippen LogP contribution in [-0.4, -0.2) is 11.0 Å². The molecule has 0 aromatic heterocycles. The number of hydrogen-bond acceptors (Lipinski definition) is 2. The quantitative estimate of drug-likeness (QED) is 0.905. The molecule has 0 spiro atoms. The lowest BCUT2D eigenvalue weighted by Gasteiger charge is -2.07. The second kappa shape index (κ2) is 5.71. The molecule has 2 rings (SSSR count). The number of carbonyl (C=O) groups is 1. The van der Waals surface area contributed by atoms with E-state index in [-0.39, 0.29) is 22.8 Å². The van der Waals surface area contributed by atoms with Gasteiger partial charge in [-0.1, -0.05) is 23.7 Å². The Kier molecular flexibility index (Phi) is 4.02. The Bertz CT molecular complexity index is 596. The Morgan fingerprint density at radius 3 is 2.68 bits per heavy atom. The Balaban J connectivity index is 2.10. The lowest BCUT2D eigenvalue weighted by molar-refractivity contribution is -0.115. The Labute approximate surface area is 114 Å². The number of halogens is 2. The predicted octanol–water partition coefficient (Wildman–Crippen LogP) is 3.37. The van der Waals surface area contributed by atoms with Gasteiger partial charge in [0, 0.05) is 22.3 Å². The molecule has 3 nitrogen and oxygen atoms in total. The van der Waals surface area contributed by atoms with Gasteiger partial charge in [0.1, 0.15) is 11.6 Å². The third kappa shape index (κ3) is 3.45. The summed E-state index contributed by atoms with van der Waals surface area (Å²) in [5, 5.41) is 12.0. The summed E-state index contributed by atoms with van der Waals surface area (Å²) in [5.41, 5.74) is 0.597. The fourth-order valence-electron chi connectivity index (χ4n) is 1.65. The molecule has 0 atom stereocenters. The zero-order valence-corrected chi connectivity index (χ0v) is 10.6. The molecule has 0 saturated carbocycles. The first-order chi connectivity index (χ1) is 9.06. The molecule has 19 heavy (non-hydrogen) atoms. The first kappa shape index (κ1) is 13.4. The zero-order chi connectivity index (χ0) is 13.8. The molecule has 2 aromatic rings. The Morgan fingerprint density at radius 1 is 1.26 bits per heavy atom. The van der Waals surface area contributed by atoms with Crippen LogP contribution in [-0.2, 0) is 11.2 Å². The highest BCUT2D eigenvalue weighted by Crippen LogP contribution is 2.20. The lowest BCUT2D eigenvalue weighted by Crippen LogP contribution is -2.15. The van der Waals surface area contributed by atoms with Crippen molar-refractivity contribution in [2.45, 2.75) is 6.42 Å². The molecule has 2 aromatic carbocycles. The van der Waals surface area contributed by atoms with E-state index in [1.54, 1.807) is 12.1 Å². The normalized spacial score (nSPS) is 10.2. The summed E-state index contributed by atoms with van der Waals surface area (Å²) in [7, 11) is 0. The monoisotopic (exact) mass is 279 g/mol. The first-order valence-electron chi connectivity index (χ1n) is 5.58. The van der Waals surface area contributed by atoms with Crippen LogP contribution in [0.3, 0.4) is 0 Å². The topological polar surface area (TPSA) is 49.3 Å². The molecule has 0 radical (unpaired) electrons. The van der Waals surface area contributed by atoms with Gasteiger partial charge in [-0.2, -0.15) is 0 Å². The highest BCUT2D eigenvalue weighted by molar-refractivity contribution is 6.31. The number of anilines is 1. The molecule has 0 fully saturated rings. The van der Waals surface area contributed by atoms with Gasteiger partial charge in [-0.15, -0.1) is 0 Å². The van der Waals surface area contributed by atoms with Gasteiger partial charge in [-0.25, -0.2) is 4.39 Å². The first-order valence-corrected chi connectivity index (χ1v) is 5.96. The molecular weight excluding hydrogens is 269 g/mol. The smallest absolute Gasteiger partial charge is 0.228 e.